The van der Waals surface area contributed by atoms with Gasteiger partial charge in [-0.05, 0) is 19.3 Å². The molecule has 0 aliphatic carbocycles. The highest BCUT2D eigenvalue weighted by molar-refractivity contribution is 5.97. The fourth-order valence-electron chi connectivity index (χ4n) is 2.75. The number of unbranched alkanes of at least 4 members (excludes halogenated alkanes) is 7. The first-order valence-electron chi connectivity index (χ1n) is 9.65. The van der Waals surface area contributed by atoms with Gasteiger partial charge in [0.25, 0.3) is 5.97 Å². The second kappa shape index (κ2) is 13.0. The van der Waals surface area contributed by atoms with Crippen LogP contribution in [0.4, 0.5) is 0 Å². The molecule has 1 amide bonds. The van der Waals surface area contributed by atoms with Gasteiger partial charge in [0.1, 0.15) is 5.92 Å². The van der Waals surface area contributed by atoms with Crippen molar-refractivity contribution in [2.75, 3.05) is 0 Å². The van der Waals surface area contributed by atoms with Gasteiger partial charge in [-0.3, -0.25) is 9.59 Å². The third-order valence-electron chi connectivity index (χ3n) is 4.32. The second-order valence-electron chi connectivity index (χ2n) is 7.09. The van der Waals surface area contributed by atoms with Crippen LogP contribution in [0.2, 0.25) is 0 Å². The van der Waals surface area contributed by atoms with Gasteiger partial charge in [-0.1, -0.05) is 51.9 Å². The minimum absolute atomic E-state index is 0.0582. The molecule has 0 heterocycles. The maximum Gasteiger partial charge on any atom is 0.316 e. The molecule has 0 radical (unpaired) electrons. The molecule has 0 bridgehead atoms. The number of hydrogen-bond donors (Lipinski definition) is 7. The van der Waals surface area contributed by atoms with Crippen LogP contribution in [0.5, 0.6) is 0 Å². The summed E-state index contributed by atoms with van der Waals surface area (Å²) in [7, 11) is 0. The van der Waals surface area contributed by atoms with Gasteiger partial charge >= 0.3 is 5.97 Å². The maximum atomic E-state index is 12.1. The fourth-order valence-corrected chi connectivity index (χ4v) is 2.75. The first-order valence-corrected chi connectivity index (χ1v) is 9.65. The lowest BCUT2D eigenvalue weighted by Gasteiger charge is -2.25. The van der Waals surface area contributed by atoms with Gasteiger partial charge in [0.05, 0.1) is 0 Å². The van der Waals surface area contributed by atoms with Gasteiger partial charge in [0.15, 0.2) is 0 Å². The summed E-state index contributed by atoms with van der Waals surface area (Å²) < 4.78 is 0. The lowest BCUT2D eigenvalue weighted by Crippen LogP contribution is -2.51. The minimum atomic E-state index is -2.83. The standard InChI is InChI=1S/C18H35NO8/c1-2-3-4-5-6-7-8-11-14(16(21)22)15(20)19-17(23,24)12-9-10-13-18(25,26)27/h14,23-27H,2-13H2,1H3,(H,19,20)(H,21,22). The molecule has 1 atom stereocenters. The highest BCUT2D eigenvalue weighted by Crippen LogP contribution is 2.17. The first-order chi connectivity index (χ1) is 12.5. The van der Waals surface area contributed by atoms with Crippen molar-refractivity contribution in [2.45, 2.75) is 95.9 Å². The molecule has 0 fully saturated rings. The lowest BCUT2D eigenvalue weighted by atomic mass is 9.99. The molecule has 0 aromatic carbocycles. The van der Waals surface area contributed by atoms with E-state index in [2.05, 4.69) is 6.92 Å². The van der Waals surface area contributed by atoms with Crippen LogP contribution in [0.25, 0.3) is 0 Å². The molecule has 7 N–H and O–H groups in total. The zero-order valence-electron chi connectivity index (χ0n) is 16.1. The number of carboxylic acid groups (broad SMARTS) is 1. The van der Waals surface area contributed by atoms with E-state index in [9.17, 15) is 24.9 Å². The van der Waals surface area contributed by atoms with E-state index in [1.165, 1.54) is 6.42 Å². The van der Waals surface area contributed by atoms with E-state index in [4.69, 9.17) is 15.3 Å². The van der Waals surface area contributed by atoms with Crippen molar-refractivity contribution in [3.63, 3.8) is 0 Å². The number of carboxylic acids is 1. The van der Waals surface area contributed by atoms with Gasteiger partial charge in [-0.25, -0.2) is 0 Å². The van der Waals surface area contributed by atoms with Crippen LogP contribution in [0, 0.1) is 5.92 Å². The average molecular weight is 393 g/mol. The van der Waals surface area contributed by atoms with Gasteiger partial charge in [0.2, 0.25) is 11.8 Å². The van der Waals surface area contributed by atoms with Crippen molar-refractivity contribution in [1.29, 1.82) is 0 Å². The number of amides is 1. The summed E-state index contributed by atoms with van der Waals surface area (Å²) in [4.78, 5) is 23.4. The van der Waals surface area contributed by atoms with E-state index in [0.717, 1.165) is 32.1 Å². The Hall–Kier alpha value is -1.26. The summed E-state index contributed by atoms with van der Waals surface area (Å²) in [5.41, 5.74) is 0. The smallest absolute Gasteiger partial charge is 0.316 e. The molecule has 9 nitrogen and oxygen atoms in total. The van der Waals surface area contributed by atoms with Crippen LogP contribution < -0.4 is 5.32 Å². The Labute approximate surface area is 160 Å². The number of aliphatic hydroxyl groups is 5. The van der Waals surface area contributed by atoms with E-state index >= 15 is 0 Å². The number of carbonyl (C=O) groups excluding carboxylic acids is 1. The zero-order valence-corrected chi connectivity index (χ0v) is 16.1. The minimum Gasteiger partial charge on any atom is -0.481 e. The topological polar surface area (TPSA) is 168 Å². The summed E-state index contributed by atoms with van der Waals surface area (Å²) in [5.74, 6) is -9.09. The Morgan fingerprint density at radius 3 is 1.85 bits per heavy atom. The van der Waals surface area contributed by atoms with Crippen LogP contribution in [0.3, 0.4) is 0 Å². The molecule has 0 aromatic heterocycles. The normalized spacial score (nSPS) is 13.4. The Bertz CT molecular complexity index is 434. The van der Waals surface area contributed by atoms with Crippen LogP contribution >= 0.6 is 0 Å². The number of carbonyl (C=O) groups is 2. The highest BCUT2D eigenvalue weighted by Gasteiger charge is 2.32. The van der Waals surface area contributed by atoms with Crippen molar-refractivity contribution in [2.24, 2.45) is 5.92 Å². The van der Waals surface area contributed by atoms with E-state index < -0.39 is 36.1 Å². The summed E-state index contributed by atoms with van der Waals surface area (Å²) >= 11 is 0. The highest BCUT2D eigenvalue weighted by atomic mass is 16.7. The summed E-state index contributed by atoms with van der Waals surface area (Å²) in [6.07, 6.45) is 6.37. The molecule has 9 heteroatoms. The average Bonchev–Trinajstić information content (AvgIpc) is 2.52. The molecule has 27 heavy (non-hydrogen) atoms. The third kappa shape index (κ3) is 14.5. The van der Waals surface area contributed by atoms with E-state index in [1.807, 2.05) is 5.32 Å². The predicted octanol–water partition coefficient (Wildman–Crippen LogP) is 0.774. The number of hydrogen-bond acceptors (Lipinski definition) is 7. The van der Waals surface area contributed by atoms with Crippen molar-refractivity contribution in [1.82, 2.24) is 5.32 Å². The molecule has 160 valence electrons. The Kier molecular flexibility index (Phi) is 12.4. The van der Waals surface area contributed by atoms with Crippen molar-refractivity contribution >= 4 is 11.9 Å². The Balaban J connectivity index is 4.26. The second-order valence-corrected chi connectivity index (χ2v) is 7.09. The van der Waals surface area contributed by atoms with Gasteiger partial charge in [0, 0.05) is 12.8 Å². The Morgan fingerprint density at radius 2 is 1.33 bits per heavy atom. The molecule has 0 spiro atoms. The van der Waals surface area contributed by atoms with Crippen LogP contribution in [-0.4, -0.2) is 54.4 Å². The quantitative estimate of drug-likeness (QED) is 0.115. The zero-order chi connectivity index (χ0) is 20.9. The van der Waals surface area contributed by atoms with Crippen LogP contribution in [-0.2, 0) is 9.59 Å². The van der Waals surface area contributed by atoms with Crippen molar-refractivity contribution in [3.8, 4) is 0 Å². The Morgan fingerprint density at radius 1 is 0.815 bits per heavy atom. The van der Waals surface area contributed by atoms with E-state index in [1.54, 1.807) is 0 Å². The van der Waals surface area contributed by atoms with Gasteiger partial charge in [-0.15, -0.1) is 0 Å². The molecule has 0 rings (SSSR count). The third-order valence-corrected chi connectivity index (χ3v) is 4.32. The molecule has 0 saturated carbocycles. The predicted molar refractivity (Wildman–Crippen MR) is 96.9 cm³/mol. The van der Waals surface area contributed by atoms with Crippen LogP contribution in [0.1, 0.15) is 84.0 Å². The molecule has 0 aromatic rings. The summed E-state index contributed by atoms with van der Waals surface area (Å²) in [6.45, 7) is 2.12. The number of aliphatic carboxylic acids is 1. The lowest BCUT2D eigenvalue weighted by molar-refractivity contribution is -0.315. The first kappa shape index (κ1) is 25.7. The van der Waals surface area contributed by atoms with Crippen molar-refractivity contribution < 1.29 is 40.2 Å². The van der Waals surface area contributed by atoms with Crippen molar-refractivity contribution in [3.05, 3.63) is 0 Å². The van der Waals surface area contributed by atoms with Gasteiger partial charge < -0.3 is 36.0 Å². The van der Waals surface area contributed by atoms with Gasteiger partial charge in [-0.2, -0.15) is 0 Å². The van der Waals surface area contributed by atoms with E-state index in [0.29, 0.717) is 6.42 Å². The fraction of sp³-hybridized carbons (Fsp3) is 0.889. The number of rotatable bonds is 16. The molecule has 0 aliphatic rings. The summed E-state index contributed by atoms with van der Waals surface area (Å²) in [6, 6.07) is 0. The molecule has 0 aliphatic heterocycles. The number of nitrogens with one attached hydrogen (secondary N) is 1. The van der Waals surface area contributed by atoms with Crippen LogP contribution in [0.15, 0.2) is 0 Å². The molecule has 0 saturated heterocycles. The maximum absolute atomic E-state index is 12.1. The SMILES string of the molecule is CCCCCCCCCC(C(=O)O)C(=O)NC(O)(O)CCCCC(O)(O)O. The largest absolute Gasteiger partial charge is 0.481 e. The molecular formula is C18H35NO8. The molecular weight excluding hydrogens is 358 g/mol. The van der Waals surface area contributed by atoms with E-state index in [-0.39, 0.29) is 25.7 Å². The summed E-state index contributed by atoms with van der Waals surface area (Å²) in [5, 5.41) is 56.9. The molecule has 1 unspecified atom stereocenters. The monoisotopic (exact) mass is 393 g/mol.